The van der Waals surface area contributed by atoms with Crippen LogP contribution in [0.25, 0.3) is 0 Å². The van der Waals surface area contributed by atoms with Gasteiger partial charge in [0.25, 0.3) is 0 Å². The summed E-state index contributed by atoms with van der Waals surface area (Å²) in [7, 11) is 0. The summed E-state index contributed by atoms with van der Waals surface area (Å²) in [5.41, 5.74) is 4.64. The van der Waals surface area contributed by atoms with E-state index in [1.165, 1.54) is 11.1 Å². The van der Waals surface area contributed by atoms with Crippen molar-refractivity contribution < 1.29 is 4.79 Å². The fourth-order valence-corrected chi connectivity index (χ4v) is 2.72. The summed E-state index contributed by atoms with van der Waals surface area (Å²) in [4.78, 5) is 16.9. The van der Waals surface area contributed by atoms with Gasteiger partial charge in [-0.2, -0.15) is 0 Å². The topological polar surface area (TPSA) is 35.6 Å². The van der Waals surface area contributed by atoms with Gasteiger partial charge in [-0.05, 0) is 44.9 Å². The first-order valence-electron chi connectivity index (χ1n) is 8.40. The number of benzene rings is 1. The number of nitrogens with zero attached hydrogens (tertiary/aromatic N) is 2. The lowest BCUT2D eigenvalue weighted by Crippen LogP contribution is -2.48. The first-order chi connectivity index (χ1) is 11.0. The molecule has 1 saturated heterocycles. The minimum atomic E-state index is 0.0800. The molecule has 1 aliphatic rings. The van der Waals surface area contributed by atoms with Gasteiger partial charge >= 0.3 is 0 Å². The van der Waals surface area contributed by atoms with Gasteiger partial charge in [-0.15, -0.1) is 0 Å². The SMILES string of the molecule is CC(C)=CCN1CCN(CC(=O)Nc2cccc(C)c2C)CC1. The third-order valence-electron chi connectivity index (χ3n) is 4.47. The lowest BCUT2D eigenvalue weighted by Gasteiger charge is -2.33. The van der Waals surface area contributed by atoms with Crippen molar-refractivity contribution in [3.8, 4) is 0 Å². The molecule has 126 valence electrons. The first kappa shape index (κ1) is 17.7. The largest absolute Gasteiger partial charge is 0.325 e. The summed E-state index contributed by atoms with van der Waals surface area (Å²) in [5, 5.41) is 3.05. The smallest absolute Gasteiger partial charge is 0.238 e. The zero-order valence-electron chi connectivity index (χ0n) is 14.9. The Balaban J connectivity index is 1.79. The van der Waals surface area contributed by atoms with E-state index < -0.39 is 0 Å². The molecule has 1 heterocycles. The van der Waals surface area contributed by atoms with Gasteiger partial charge in [0.2, 0.25) is 5.91 Å². The van der Waals surface area contributed by atoms with Crippen LogP contribution < -0.4 is 5.32 Å². The Morgan fingerprint density at radius 3 is 2.43 bits per heavy atom. The molecule has 1 amide bonds. The van der Waals surface area contributed by atoms with Gasteiger partial charge in [-0.3, -0.25) is 14.6 Å². The van der Waals surface area contributed by atoms with Crippen molar-refractivity contribution >= 4 is 11.6 Å². The molecule has 0 spiro atoms. The molecule has 1 aromatic carbocycles. The molecule has 1 aromatic rings. The fraction of sp³-hybridized carbons (Fsp3) is 0.526. The van der Waals surface area contributed by atoms with Crippen molar-refractivity contribution in [3.05, 3.63) is 41.0 Å². The number of rotatable bonds is 5. The van der Waals surface area contributed by atoms with E-state index in [1.807, 2.05) is 19.1 Å². The molecule has 1 N–H and O–H groups in total. The van der Waals surface area contributed by atoms with E-state index in [2.05, 4.69) is 48.0 Å². The molecular formula is C19H29N3O. The summed E-state index contributed by atoms with van der Waals surface area (Å²) >= 11 is 0. The van der Waals surface area contributed by atoms with E-state index in [0.717, 1.165) is 44.0 Å². The van der Waals surface area contributed by atoms with Crippen molar-refractivity contribution in [2.45, 2.75) is 27.7 Å². The highest BCUT2D eigenvalue weighted by molar-refractivity contribution is 5.93. The van der Waals surface area contributed by atoms with E-state index >= 15 is 0 Å². The van der Waals surface area contributed by atoms with Crippen LogP contribution in [0, 0.1) is 13.8 Å². The number of amides is 1. The Bertz CT molecular complexity index is 568. The third-order valence-corrected chi connectivity index (χ3v) is 4.47. The Labute approximate surface area is 140 Å². The van der Waals surface area contributed by atoms with Crippen LogP contribution in [0.3, 0.4) is 0 Å². The molecule has 23 heavy (non-hydrogen) atoms. The molecule has 0 atom stereocenters. The Hall–Kier alpha value is -1.65. The highest BCUT2D eigenvalue weighted by Crippen LogP contribution is 2.17. The maximum atomic E-state index is 12.3. The summed E-state index contributed by atoms with van der Waals surface area (Å²) in [5.74, 6) is 0.0800. The molecule has 1 aliphatic heterocycles. The summed E-state index contributed by atoms with van der Waals surface area (Å²) in [6.07, 6.45) is 2.27. The van der Waals surface area contributed by atoms with E-state index in [-0.39, 0.29) is 5.91 Å². The van der Waals surface area contributed by atoms with Crippen LogP contribution in [-0.2, 0) is 4.79 Å². The van der Waals surface area contributed by atoms with Crippen molar-refractivity contribution in [3.63, 3.8) is 0 Å². The minimum Gasteiger partial charge on any atom is -0.325 e. The molecule has 0 unspecified atom stereocenters. The molecular weight excluding hydrogens is 286 g/mol. The summed E-state index contributed by atoms with van der Waals surface area (Å²) < 4.78 is 0. The van der Waals surface area contributed by atoms with E-state index in [9.17, 15) is 4.79 Å². The molecule has 4 heteroatoms. The molecule has 0 aromatic heterocycles. The van der Waals surface area contributed by atoms with Gasteiger partial charge in [0.05, 0.1) is 6.54 Å². The van der Waals surface area contributed by atoms with Gasteiger partial charge in [0, 0.05) is 38.4 Å². The maximum absolute atomic E-state index is 12.3. The average molecular weight is 315 g/mol. The molecule has 1 fully saturated rings. The second kappa shape index (κ2) is 8.27. The number of carbonyl (C=O) groups excluding carboxylic acids is 1. The Morgan fingerprint density at radius 2 is 1.78 bits per heavy atom. The Morgan fingerprint density at radius 1 is 1.13 bits per heavy atom. The van der Waals surface area contributed by atoms with Gasteiger partial charge in [0.1, 0.15) is 0 Å². The number of piperazine rings is 1. The van der Waals surface area contributed by atoms with Crippen molar-refractivity contribution in [2.24, 2.45) is 0 Å². The third kappa shape index (κ3) is 5.48. The second-order valence-electron chi connectivity index (χ2n) is 6.65. The van der Waals surface area contributed by atoms with E-state index in [4.69, 9.17) is 0 Å². The highest BCUT2D eigenvalue weighted by Gasteiger charge is 2.18. The van der Waals surface area contributed by atoms with Crippen molar-refractivity contribution in [2.75, 3.05) is 44.6 Å². The average Bonchev–Trinajstić information content (AvgIpc) is 2.51. The van der Waals surface area contributed by atoms with Gasteiger partial charge in [-0.25, -0.2) is 0 Å². The van der Waals surface area contributed by atoms with Gasteiger partial charge < -0.3 is 5.32 Å². The van der Waals surface area contributed by atoms with Crippen LogP contribution >= 0.6 is 0 Å². The van der Waals surface area contributed by atoms with E-state index in [0.29, 0.717) is 6.54 Å². The first-order valence-corrected chi connectivity index (χ1v) is 8.40. The maximum Gasteiger partial charge on any atom is 0.238 e. The van der Waals surface area contributed by atoms with Crippen LogP contribution in [0.5, 0.6) is 0 Å². The van der Waals surface area contributed by atoms with Crippen molar-refractivity contribution in [1.82, 2.24) is 9.80 Å². The predicted molar refractivity (Wildman–Crippen MR) is 96.9 cm³/mol. The van der Waals surface area contributed by atoms with Gasteiger partial charge in [-0.1, -0.05) is 23.8 Å². The van der Waals surface area contributed by atoms with Crippen LogP contribution in [0.2, 0.25) is 0 Å². The molecule has 0 saturated carbocycles. The zero-order valence-corrected chi connectivity index (χ0v) is 14.9. The predicted octanol–water partition coefficient (Wildman–Crippen LogP) is 2.83. The molecule has 2 rings (SSSR count). The number of hydrogen-bond acceptors (Lipinski definition) is 3. The van der Waals surface area contributed by atoms with Crippen LogP contribution in [0.15, 0.2) is 29.8 Å². The number of allylic oxidation sites excluding steroid dienone is 1. The van der Waals surface area contributed by atoms with E-state index in [1.54, 1.807) is 0 Å². The van der Waals surface area contributed by atoms with Gasteiger partial charge in [0.15, 0.2) is 0 Å². The normalized spacial score (nSPS) is 16.2. The zero-order chi connectivity index (χ0) is 16.8. The van der Waals surface area contributed by atoms with Crippen LogP contribution in [-0.4, -0.2) is 55.0 Å². The van der Waals surface area contributed by atoms with Crippen LogP contribution in [0.1, 0.15) is 25.0 Å². The van der Waals surface area contributed by atoms with Crippen molar-refractivity contribution in [1.29, 1.82) is 0 Å². The lowest BCUT2D eigenvalue weighted by molar-refractivity contribution is -0.117. The summed E-state index contributed by atoms with van der Waals surface area (Å²) in [6, 6.07) is 6.02. The fourth-order valence-electron chi connectivity index (χ4n) is 2.72. The monoisotopic (exact) mass is 315 g/mol. The molecule has 0 radical (unpaired) electrons. The number of anilines is 1. The second-order valence-corrected chi connectivity index (χ2v) is 6.65. The number of carbonyl (C=O) groups is 1. The standard InChI is InChI=1S/C19H29N3O/c1-15(2)8-9-21-10-12-22(13-11-21)14-19(23)20-18-7-5-6-16(3)17(18)4/h5-8H,9-14H2,1-4H3,(H,20,23). The number of hydrogen-bond donors (Lipinski definition) is 1. The highest BCUT2D eigenvalue weighted by atomic mass is 16.2. The Kier molecular flexibility index (Phi) is 6.37. The summed E-state index contributed by atoms with van der Waals surface area (Å²) in [6.45, 7) is 13.8. The minimum absolute atomic E-state index is 0.0800. The molecule has 4 nitrogen and oxygen atoms in total. The molecule has 0 aliphatic carbocycles. The molecule has 0 bridgehead atoms. The van der Waals surface area contributed by atoms with Crippen LogP contribution in [0.4, 0.5) is 5.69 Å². The number of nitrogens with one attached hydrogen (secondary N) is 1. The lowest BCUT2D eigenvalue weighted by atomic mass is 10.1. The quantitative estimate of drug-likeness (QED) is 0.849. The number of aryl methyl sites for hydroxylation is 1.